The van der Waals surface area contributed by atoms with E-state index in [0.717, 1.165) is 6.42 Å². The summed E-state index contributed by atoms with van der Waals surface area (Å²) in [5.74, 6) is -0.723. The van der Waals surface area contributed by atoms with Crippen molar-refractivity contribution in [3.05, 3.63) is 29.0 Å². The first-order valence-corrected chi connectivity index (χ1v) is 8.83. The Morgan fingerprint density at radius 2 is 1.95 bits per heavy atom. The fourth-order valence-corrected chi connectivity index (χ4v) is 3.95. The minimum Gasteiger partial charge on any atom is -0.349 e. The average Bonchev–Trinajstić information content (AvgIpc) is 2.90. The lowest BCUT2D eigenvalue weighted by atomic mass is 10.1. The quantitative estimate of drug-likeness (QED) is 0.508. The Morgan fingerprint density at radius 3 is 2.59 bits per heavy atom. The van der Waals surface area contributed by atoms with Crippen LogP contribution >= 0.6 is 38.5 Å². The fourth-order valence-electron chi connectivity index (χ4n) is 2.92. The lowest BCUT2D eigenvalue weighted by molar-refractivity contribution is -0.197. The molecule has 4 atom stereocenters. The highest BCUT2D eigenvalue weighted by Gasteiger charge is 2.55. The molecule has 0 aromatic carbocycles. The zero-order valence-electron chi connectivity index (χ0n) is 12.3. The van der Waals surface area contributed by atoms with Gasteiger partial charge in [0.1, 0.15) is 20.4 Å². The number of aromatic nitrogens is 2. The van der Waals surface area contributed by atoms with E-state index in [2.05, 4.69) is 20.9 Å². The summed E-state index contributed by atoms with van der Waals surface area (Å²) in [5.41, 5.74) is -0.984. The molecule has 0 amide bonds. The van der Waals surface area contributed by atoms with E-state index in [0.29, 0.717) is 8.17 Å². The number of hydrogen-bond acceptors (Lipinski definition) is 5. The summed E-state index contributed by atoms with van der Waals surface area (Å²) in [7, 11) is 0. The third-order valence-electron chi connectivity index (χ3n) is 3.81. The maximum Gasteiger partial charge on any atom is 0.331 e. The van der Waals surface area contributed by atoms with E-state index >= 15 is 0 Å². The van der Waals surface area contributed by atoms with Crippen LogP contribution in [0.4, 0.5) is 0 Å². The molecule has 9 heteroatoms. The van der Waals surface area contributed by atoms with Gasteiger partial charge in [0.15, 0.2) is 12.0 Å². The van der Waals surface area contributed by atoms with E-state index in [1.807, 2.05) is 43.4 Å². The molecular weight excluding hydrogens is 471 g/mol. The van der Waals surface area contributed by atoms with Crippen molar-refractivity contribution < 1.29 is 14.2 Å². The number of rotatable bonds is 2. The monoisotopic (exact) mass is 486 g/mol. The van der Waals surface area contributed by atoms with Gasteiger partial charge in [-0.05, 0) is 58.8 Å². The lowest BCUT2D eigenvalue weighted by Gasteiger charge is -2.25. The molecule has 0 aliphatic carbocycles. The van der Waals surface area contributed by atoms with E-state index in [9.17, 15) is 9.59 Å². The molecule has 0 saturated carbocycles. The number of halogens is 2. The van der Waals surface area contributed by atoms with Crippen LogP contribution in [-0.2, 0) is 14.2 Å². The standard InChI is InChI=1S/C13H16BrIN2O5/c1-4-5-7-8(22-13(2,3)21-7)11(20-5)17-9(15)6(14)10(18)16-12(17)19/h5,7-8,11H,4H2,1-3H3,(H,16,18,19)/t5-,7+,8?,11-/m1/s1. The van der Waals surface area contributed by atoms with Gasteiger partial charge >= 0.3 is 5.69 Å². The molecule has 122 valence electrons. The largest absolute Gasteiger partial charge is 0.349 e. The van der Waals surface area contributed by atoms with E-state index in [1.165, 1.54) is 4.57 Å². The third-order valence-corrected chi connectivity index (χ3v) is 6.35. The Morgan fingerprint density at radius 1 is 1.32 bits per heavy atom. The molecule has 7 nitrogen and oxygen atoms in total. The summed E-state index contributed by atoms with van der Waals surface area (Å²) >= 11 is 5.15. The van der Waals surface area contributed by atoms with Gasteiger partial charge in [0.2, 0.25) is 0 Å². The fraction of sp³-hybridized carbons (Fsp3) is 0.692. The lowest BCUT2D eigenvalue weighted by Crippen LogP contribution is -2.39. The summed E-state index contributed by atoms with van der Waals surface area (Å²) in [6.45, 7) is 5.67. The summed E-state index contributed by atoms with van der Waals surface area (Å²) in [4.78, 5) is 26.2. The summed E-state index contributed by atoms with van der Waals surface area (Å²) in [5, 5.41) is 0. The Kier molecular flexibility index (Phi) is 4.30. The van der Waals surface area contributed by atoms with Crippen LogP contribution in [0.3, 0.4) is 0 Å². The molecule has 2 aliphatic rings. The second-order valence-electron chi connectivity index (χ2n) is 5.77. The molecule has 2 fully saturated rings. The number of fused-ring (bicyclic) bond motifs is 1. The minimum atomic E-state index is -0.723. The van der Waals surface area contributed by atoms with Gasteiger partial charge in [0.25, 0.3) is 5.56 Å². The van der Waals surface area contributed by atoms with Crippen LogP contribution in [0, 0.1) is 3.70 Å². The van der Waals surface area contributed by atoms with Crippen LogP contribution in [0.1, 0.15) is 33.4 Å². The first-order valence-electron chi connectivity index (χ1n) is 6.96. The van der Waals surface area contributed by atoms with Gasteiger partial charge in [0.05, 0.1) is 6.10 Å². The zero-order chi connectivity index (χ0) is 16.2. The maximum absolute atomic E-state index is 12.3. The zero-order valence-corrected chi connectivity index (χ0v) is 16.0. The van der Waals surface area contributed by atoms with Crippen molar-refractivity contribution in [3.8, 4) is 0 Å². The number of nitrogens with zero attached hydrogens (tertiary/aromatic N) is 1. The molecule has 0 radical (unpaired) electrons. The second-order valence-corrected chi connectivity index (χ2v) is 7.59. The van der Waals surface area contributed by atoms with Gasteiger partial charge in [-0.2, -0.15) is 0 Å². The topological polar surface area (TPSA) is 82.6 Å². The van der Waals surface area contributed by atoms with Gasteiger partial charge in [0, 0.05) is 0 Å². The van der Waals surface area contributed by atoms with Crippen molar-refractivity contribution in [1.82, 2.24) is 9.55 Å². The number of nitrogens with one attached hydrogen (secondary N) is 1. The van der Waals surface area contributed by atoms with Crippen molar-refractivity contribution in [3.63, 3.8) is 0 Å². The molecule has 0 bridgehead atoms. The van der Waals surface area contributed by atoms with E-state index < -0.39 is 29.4 Å². The van der Waals surface area contributed by atoms with Crippen molar-refractivity contribution >= 4 is 38.5 Å². The highest BCUT2D eigenvalue weighted by atomic mass is 127. The molecule has 0 spiro atoms. The molecule has 3 rings (SSSR count). The van der Waals surface area contributed by atoms with Gasteiger partial charge in [-0.25, -0.2) is 4.79 Å². The van der Waals surface area contributed by atoms with Gasteiger partial charge < -0.3 is 14.2 Å². The van der Waals surface area contributed by atoms with Crippen LogP contribution in [0.25, 0.3) is 0 Å². The van der Waals surface area contributed by atoms with Crippen LogP contribution in [-0.4, -0.2) is 33.7 Å². The number of H-pyrrole nitrogens is 1. The van der Waals surface area contributed by atoms with Gasteiger partial charge in [-0.15, -0.1) is 0 Å². The predicted molar refractivity (Wildman–Crippen MR) is 89.8 cm³/mol. The van der Waals surface area contributed by atoms with Crippen molar-refractivity contribution in [2.45, 2.75) is 57.5 Å². The summed E-state index contributed by atoms with van der Waals surface area (Å²) < 4.78 is 20.0. The molecule has 1 unspecified atom stereocenters. The summed E-state index contributed by atoms with van der Waals surface area (Å²) in [6, 6.07) is 0. The molecule has 1 N–H and O–H groups in total. The molecule has 2 aliphatic heterocycles. The third kappa shape index (κ3) is 2.60. The van der Waals surface area contributed by atoms with Gasteiger partial charge in [-0.1, -0.05) is 6.92 Å². The molecular formula is C13H16BrIN2O5. The molecule has 22 heavy (non-hydrogen) atoms. The Labute approximate surface area is 148 Å². The second kappa shape index (κ2) is 5.69. The van der Waals surface area contributed by atoms with Crippen molar-refractivity contribution in [2.75, 3.05) is 0 Å². The predicted octanol–water partition coefficient (Wildman–Crippen LogP) is 1.73. The number of hydrogen-bond donors (Lipinski definition) is 1. The maximum atomic E-state index is 12.3. The van der Waals surface area contributed by atoms with E-state index in [1.54, 1.807) is 0 Å². The first kappa shape index (κ1) is 16.6. The highest BCUT2D eigenvalue weighted by molar-refractivity contribution is 14.1. The molecule has 2 saturated heterocycles. The van der Waals surface area contributed by atoms with Crippen LogP contribution < -0.4 is 11.2 Å². The van der Waals surface area contributed by atoms with Crippen molar-refractivity contribution in [2.24, 2.45) is 0 Å². The van der Waals surface area contributed by atoms with Gasteiger partial charge in [-0.3, -0.25) is 14.3 Å². The molecule has 3 heterocycles. The SMILES string of the molecule is CC[C@H]1O[C@@H](n2c(I)c(Br)c(=O)[nH]c2=O)C2OC(C)(C)O[C@H]21. The Balaban J connectivity index is 2.08. The van der Waals surface area contributed by atoms with E-state index in [-0.39, 0.29) is 12.2 Å². The minimum absolute atomic E-state index is 0.162. The van der Waals surface area contributed by atoms with Crippen LogP contribution in [0.15, 0.2) is 14.1 Å². The number of aromatic amines is 1. The number of ether oxygens (including phenoxy) is 3. The first-order chi connectivity index (χ1) is 10.2. The Bertz CT molecular complexity index is 715. The van der Waals surface area contributed by atoms with Crippen LogP contribution in [0.2, 0.25) is 0 Å². The normalized spacial score (nSPS) is 33.1. The van der Waals surface area contributed by atoms with Crippen LogP contribution in [0.5, 0.6) is 0 Å². The molecule has 1 aromatic heterocycles. The molecule has 1 aromatic rings. The smallest absolute Gasteiger partial charge is 0.331 e. The average molecular weight is 487 g/mol. The van der Waals surface area contributed by atoms with Crippen molar-refractivity contribution in [1.29, 1.82) is 0 Å². The Hall–Kier alpha value is -0.230. The summed E-state index contributed by atoms with van der Waals surface area (Å²) in [6.07, 6.45) is -0.690. The highest BCUT2D eigenvalue weighted by Crippen LogP contribution is 2.43. The van der Waals surface area contributed by atoms with E-state index in [4.69, 9.17) is 14.2 Å².